The zero-order chi connectivity index (χ0) is 21.8. The van der Waals surface area contributed by atoms with Gasteiger partial charge < -0.3 is 14.2 Å². The van der Waals surface area contributed by atoms with Gasteiger partial charge in [0, 0.05) is 30.6 Å². The molecule has 2 aliphatic heterocycles. The number of nitrogens with zero attached hydrogens (tertiary/aromatic N) is 3. The van der Waals surface area contributed by atoms with Gasteiger partial charge >= 0.3 is 0 Å². The average Bonchev–Trinajstić information content (AvgIpc) is 3.25. The van der Waals surface area contributed by atoms with Crippen molar-refractivity contribution >= 4 is 11.6 Å². The van der Waals surface area contributed by atoms with Gasteiger partial charge in [-0.2, -0.15) is 5.10 Å². The Bertz CT molecular complexity index is 975. The largest absolute Gasteiger partial charge is 0.497 e. The molecule has 0 aliphatic carbocycles. The second kappa shape index (κ2) is 9.45. The van der Waals surface area contributed by atoms with E-state index in [1.165, 1.54) is 11.1 Å². The number of rotatable bonds is 6. The van der Waals surface area contributed by atoms with E-state index in [1.54, 1.807) is 44.6 Å². The summed E-state index contributed by atoms with van der Waals surface area (Å²) in [5, 5.41) is 6.05. The second-order valence-corrected chi connectivity index (χ2v) is 7.48. The summed E-state index contributed by atoms with van der Waals surface area (Å²) in [6, 6.07) is 11.5. The van der Waals surface area contributed by atoms with Crippen molar-refractivity contribution in [3.05, 3.63) is 59.4 Å². The van der Waals surface area contributed by atoms with Crippen molar-refractivity contribution in [2.24, 2.45) is 5.10 Å². The number of hydrazone groups is 1. The van der Waals surface area contributed by atoms with Crippen LogP contribution in [-0.4, -0.2) is 68.6 Å². The number of hydrogen-bond acceptors (Lipinski definition) is 6. The minimum Gasteiger partial charge on any atom is -0.497 e. The Kier molecular flexibility index (Phi) is 6.48. The van der Waals surface area contributed by atoms with Gasteiger partial charge in [-0.15, -0.1) is 0 Å². The summed E-state index contributed by atoms with van der Waals surface area (Å²) >= 11 is 0. The molecule has 0 bridgehead atoms. The van der Waals surface area contributed by atoms with Crippen LogP contribution >= 0.6 is 0 Å². The third-order valence-corrected chi connectivity index (χ3v) is 5.61. The molecule has 31 heavy (non-hydrogen) atoms. The van der Waals surface area contributed by atoms with E-state index in [0.29, 0.717) is 55.5 Å². The monoisotopic (exact) mass is 427 g/mol. The highest BCUT2D eigenvalue weighted by Crippen LogP contribution is 2.39. The molecule has 0 aromatic heterocycles. The predicted octanol–water partition coefficient (Wildman–Crippen LogP) is 2.85. The fourth-order valence-corrected chi connectivity index (χ4v) is 3.96. The summed E-state index contributed by atoms with van der Waals surface area (Å²) in [5.41, 5.74) is 1.70. The van der Waals surface area contributed by atoms with Crippen LogP contribution in [0, 0.1) is 5.82 Å². The molecule has 4 rings (SSSR count). The first-order valence-electron chi connectivity index (χ1n) is 10.3. The summed E-state index contributed by atoms with van der Waals surface area (Å²) in [6.07, 6.45) is 0.374. The molecule has 8 heteroatoms. The van der Waals surface area contributed by atoms with Crippen LogP contribution in [0.4, 0.5) is 4.39 Å². The van der Waals surface area contributed by atoms with E-state index < -0.39 is 6.04 Å². The smallest absolute Gasteiger partial charge is 0.257 e. The highest BCUT2D eigenvalue weighted by Gasteiger charge is 2.36. The molecular formula is C23H26FN3O4. The Hall–Kier alpha value is -2.97. The Morgan fingerprint density at radius 1 is 1.16 bits per heavy atom. The fourth-order valence-electron chi connectivity index (χ4n) is 3.96. The van der Waals surface area contributed by atoms with E-state index in [1.807, 2.05) is 11.0 Å². The maximum absolute atomic E-state index is 14.5. The molecule has 164 valence electrons. The molecule has 0 saturated carbocycles. The van der Waals surface area contributed by atoms with Gasteiger partial charge in [0.1, 0.15) is 17.3 Å². The zero-order valence-corrected chi connectivity index (χ0v) is 17.7. The summed E-state index contributed by atoms with van der Waals surface area (Å²) < 4.78 is 30.8. The molecular weight excluding hydrogens is 401 g/mol. The van der Waals surface area contributed by atoms with Gasteiger partial charge in [0.05, 0.1) is 45.7 Å². The summed E-state index contributed by atoms with van der Waals surface area (Å²) in [6.45, 7) is 2.81. The summed E-state index contributed by atoms with van der Waals surface area (Å²) in [4.78, 5) is 15.3. The molecule has 1 amide bonds. The van der Waals surface area contributed by atoms with Crippen molar-refractivity contribution in [1.29, 1.82) is 0 Å². The number of carbonyl (C=O) groups excluding carboxylic acids is 1. The standard InChI is InChI=1S/C23H26FN3O4/c1-29-16-7-8-22(30-2)18(13-16)21-14-20(17-5-3-4-6-19(17)24)25-27(21)23(28)15-26-9-11-31-12-10-26/h3-8,13,21H,9-12,14-15H2,1-2H3/t21-/m1/s1. The molecule has 1 fully saturated rings. The van der Waals surface area contributed by atoms with Gasteiger partial charge in [-0.3, -0.25) is 9.69 Å². The summed E-state index contributed by atoms with van der Waals surface area (Å²) in [5.74, 6) is 0.763. The van der Waals surface area contributed by atoms with Gasteiger partial charge in [0.2, 0.25) is 0 Å². The number of hydrogen-bond donors (Lipinski definition) is 0. The van der Waals surface area contributed by atoms with E-state index >= 15 is 0 Å². The molecule has 1 saturated heterocycles. The van der Waals surface area contributed by atoms with Gasteiger partial charge in [-0.1, -0.05) is 18.2 Å². The topological polar surface area (TPSA) is 63.6 Å². The number of carbonyl (C=O) groups is 1. The molecule has 0 radical (unpaired) electrons. The van der Waals surface area contributed by atoms with Gasteiger partial charge in [-0.25, -0.2) is 9.40 Å². The maximum Gasteiger partial charge on any atom is 0.257 e. The van der Waals surface area contributed by atoms with Crippen LogP contribution in [0.15, 0.2) is 47.6 Å². The van der Waals surface area contributed by atoms with Crippen LogP contribution in [0.2, 0.25) is 0 Å². The number of methoxy groups -OCH3 is 2. The lowest BCUT2D eigenvalue weighted by Gasteiger charge is -2.29. The SMILES string of the molecule is COc1ccc(OC)c([C@H]2CC(c3ccccc3F)=NN2C(=O)CN2CCOCC2)c1. The lowest BCUT2D eigenvalue weighted by atomic mass is 9.97. The maximum atomic E-state index is 14.5. The quantitative estimate of drug-likeness (QED) is 0.710. The number of morpholine rings is 1. The van der Waals surface area contributed by atoms with E-state index in [4.69, 9.17) is 14.2 Å². The third kappa shape index (κ3) is 4.55. The van der Waals surface area contributed by atoms with Crippen molar-refractivity contribution < 1.29 is 23.4 Å². The highest BCUT2D eigenvalue weighted by molar-refractivity contribution is 6.03. The van der Waals surface area contributed by atoms with E-state index in [2.05, 4.69) is 5.10 Å². The van der Waals surface area contributed by atoms with Gasteiger partial charge in [0.25, 0.3) is 5.91 Å². The zero-order valence-electron chi connectivity index (χ0n) is 17.7. The number of ether oxygens (including phenoxy) is 3. The molecule has 2 aliphatic rings. The Morgan fingerprint density at radius 3 is 2.65 bits per heavy atom. The molecule has 2 heterocycles. The Morgan fingerprint density at radius 2 is 1.94 bits per heavy atom. The van der Waals surface area contributed by atoms with Crippen molar-refractivity contribution in [3.63, 3.8) is 0 Å². The normalized spacial score (nSPS) is 19.3. The lowest BCUT2D eigenvalue weighted by molar-refractivity contribution is -0.135. The van der Waals surface area contributed by atoms with Gasteiger partial charge in [0.15, 0.2) is 0 Å². The van der Waals surface area contributed by atoms with Crippen LogP contribution in [0.3, 0.4) is 0 Å². The van der Waals surface area contributed by atoms with Gasteiger partial charge in [-0.05, 0) is 24.3 Å². The van der Waals surface area contributed by atoms with E-state index in [0.717, 1.165) is 5.56 Å². The van der Waals surface area contributed by atoms with Crippen molar-refractivity contribution in [3.8, 4) is 11.5 Å². The summed E-state index contributed by atoms with van der Waals surface area (Å²) in [7, 11) is 3.17. The second-order valence-electron chi connectivity index (χ2n) is 7.48. The van der Waals surface area contributed by atoms with Crippen molar-refractivity contribution in [1.82, 2.24) is 9.91 Å². The molecule has 0 unspecified atom stereocenters. The van der Waals surface area contributed by atoms with Crippen LogP contribution < -0.4 is 9.47 Å². The molecule has 1 atom stereocenters. The Labute approximate surface area is 181 Å². The van der Waals surface area contributed by atoms with Crippen molar-refractivity contribution in [2.45, 2.75) is 12.5 Å². The fraction of sp³-hybridized carbons (Fsp3) is 0.391. The van der Waals surface area contributed by atoms with Crippen LogP contribution in [0.5, 0.6) is 11.5 Å². The van der Waals surface area contributed by atoms with Crippen LogP contribution in [0.25, 0.3) is 0 Å². The first-order chi connectivity index (χ1) is 15.1. The highest BCUT2D eigenvalue weighted by atomic mass is 19.1. The van der Waals surface area contributed by atoms with E-state index in [9.17, 15) is 9.18 Å². The molecule has 7 nitrogen and oxygen atoms in total. The average molecular weight is 427 g/mol. The van der Waals surface area contributed by atoms with Crippen molar-refractivity contribution in [2.75, 3.05) is 47.1 Å². The number of halogens is 1. The minimum atomic E-state index is -0.423. The molecule has 0 spiro atoms. The lowest BCUT2D eigenvalue weighted by Crippen LogP contribution is -2.43. The molecule has 2 aromatic carbocycles. The predicted molar refractivity (Wildman–Crippen MR) is 114 cm³/mol. The van der Waals surface area contributed by atoms with Crippen LogP contribution in [0.1, 0.15) is 23.6 Å². The molecule has 2 aromatic rings. The number of amides is 1. The third-order valence-electron chi connectivity index (χ3n) is 5.61. The molecule has 0 N–H and O–H groups in total. The number of benzene rings is 2. The Balaban J connectivity index is 1.69. The minimum absolute atomic E-state index is 0.150. The first kappa shape index (κ1) is 21.3. The van der Waals surface area contributed by atoms with Crippen LogP contribution in [-0.2, 0) is 9.53 Å². The van der Waals surface area contributed by atoms with E-state index in [-0.39, 0.29) is 18.3 Å². The first-order valence-corrected chi connectivity index (χ1v) is 10.3.